The minimum atomic E-state index is -0.402. The van der Waals surface area contributed by atoms with Gasteiger partial charge in [0.15, 0.2) is 0 Å². The van der Waals surface area contributed by atoms with Crippen molar-refractivity contribution in [2.75, 3.05) is 18.4 Å². The minimum absolute atomic E-state index is 0.0169. The summed E-state index contributed by atoms with van der Waals surface area (Å²) < 4.78 is 13.4. The van der Waals surface area contributed by atoms with Crippen molar-refractivity contribution >= 4 is 23.3 Å². The van der Waals surface area contributed by atoms with Gasteiger partial charge in [0.25, 0.3) is 5.91 Å². The number of rotatable bonds is 5. The quantitative estimate of drug-likeness (QED) is 0.547. The van der Waals surface area contributed by atoms with E-state index in [4.69, 9.17) is 11.6 Å². The maximum Gasteiger partial charge on any atom is 0.254 e. The third-order valence-corrected chi connectivity index (χ3v) is 6.23. The molecule has 1 aromatic carbocycles. The van der Waals surface area contributed by atoms with Crippen LogP contribution in [-0.4, -0.2) is 39.9 Å². The van der Waals surface area contributed by atoms with Gasteiger partial charge in [-0.05, 0) is 56.0 Å². The van der Waals surface area contributed by atoms with E-state index in [-0.39, 0.29) is 11.9 Å². The predicted molar refractivity (Wildman–Crippen MR) is 125 cm³/mol. The van der Waals surface area contributed by atoms with Crippen molar-refractivity contribution in [1.29, 1.82) is 0 Å². The fourth-order valence-electron chi connectivity index (χ4n) is 4.25. The number of carbonyl (C=O) groups is 1. The molecule has 0 saturated carbocycles. The molecule has 1 unspecified atom stereocenters. The molecule has 32 heavy (non-hydrogen) atoms. The average molecular weight is 453 g/mol. The van der Waals surface area contributed by atoms with Crippen LogP contribution in [0.3, 0.4) is 0 Å². The van der Waals surface area contributed by atoms with Gasteiger partial charge in [-0.2, -0.15) is 0 Å². The topological polar surface area (TPSA) is 58.1 Å². The van der Waals surface area contributed by atoms with E-state index in [9.17, 15) is 9.18 Å². The lowest BCUT2D eigenvalue weighted by molar-refractivity contribution is 0.0540. The van der Waals surface area contributed by atoms with E-state index in [1.807, 2.05) is 36.1 Å². The predicted octanol–water partition coefficient (Wildman–Crippen LogP) is 5.60. The molecule has 3 aromatic rings. The number of pyridine rings is 2. The van der Waals surface area contributed by atoms with Gasteiger partial charge in [-0.3, -0.25) is 9.78 Å². The number of likely N-dealkylation sites (tertiary alicyclic amines) is 1. The second kappa shape index (κ2) is 9.65. The van der Waals surface area contributed by atoms with Gasteiger partial charge in [0, 0.05) is 30.4 Å². The standard InChI is InChI=1S/C25H26ClFN4O/c1-16-5-8-20(22-9-7-19(27)14-28-22)21(12-16)25(32)31-11-3-4-17(2)23(31)15-30-24-10-6-18(26)13-29-24/h5-10,12-14,17,23H,3-4,11,15H2,1-2H3,(H,29,30)/t17-,23?/m1/s1. The van der Waals surface area contributed by atoms with Gasteiger partial charge in [-0.25, -0.2) is 9.37 Å². The van der Waals surface area contributed by atoms with Crippen molar-refractivity contribution < 1.29 is 9.18 Å². The van der Waals surface area contributed by atoms with Crippen LogP contribution < -0.4 is 5.32 Å². The number of hydrogen-bond acceptors (Lipinski definition) is 4. The van der Waals surface area contributed by atoms with Crippen molar-refractivity contribution in [3.63, 3.8) is 0 Å². The molecule has 5 nitrogen and oxygen atoms in total. The number of aromatic nitrogens is 2. The zero-order valence-corrected chi connectivity index (χ0v) is 18.9. The molecule has 1 aliphatic heterocycles. The monoisotopic (exact) mass is 452 g/mol. The van der Waals surface area contributed by atoms with Crippen molar-refractivity contribution in [3.05, 3.63) is 76.8 Å². The van der Waals surface area contributed by atoms with E-state index in [0.29, 0.717) is 40.9 Å². The van der Waals surface area contributed by atoms with Crippen LogP contribution in [0.1, 0.15) is 35.7 Å². The Morgan fingerprint density at radius 3 is 2.75 bits per heavy atom. The summed E-state index contributed by atoms with van der Waals surface area (Å²) in [5, 5.41) is 3.94. The van der Waals surface area contributed by atoms with Gasteiger partial charge in [0.2, 0.25) is 0 Å². The van der Waals surface area contributed by atoms with Crippen molar-refractivity contribution in [2.24, 2.45) is 5.92 Å². The van der Waals surface area contributed by atoms with E-state index in [1.54, 1.807) is 18.3 Å². The first-order chi connectivity index (χ1) is 15.4. The maximum atomic E-state index is 13.8. The smallest absolute Gasteiger partial charge is 0.254 e. The Labute approximate surface area is 192 Å². The van der Waals surface area contributed by atoms with Crippen LogP contribution in [0.5, 0.6) is 0 Å². The van der Waals surface area contributed by atoms with E-state index >= 15 is 0 Å². The van der Waals surface area contributed by atoms with E-state index in [1.165, 1.54) is 12.3 Å². The van der Waals surface area contributed by atoms with Gasteiger partial charge >= 0.3 is 0 Å². The normalized spacial score (nSPS) is 18.4. The third-order valence-electron chi connectivity index (χ3n) is 6.01. The van der Waals surface area contributed by atoms with Crippen LogP contribution in [0.25, 0.3) is 11.3 Å². The van der Waals surface area contributed by atoms with Crippen LogP contribution in [0.15, 0.2) is 54.9 Å². The fourth-order valence-corrected chi connectivity index (χ4v) is 4.36. The highest BCUT2D eigenvalue weighted by Gasteiger charge is 2.33. The van der Waals surface area contributed by atoms with Crippen LogP contribution in [0.2, 0.25) is 5.02 Å². The Hall–Kier alpha value is -2.99. The van der Waals surface area contributed by atoms with Gasteiger partial charge < -0.3 is 10.2 Å². The Balaban J connectivity index is 1.62. The Bertz CT molecular complexity index is 1090. The summed E-state index contributed by atoms with van der Waals surface area (Å²) in [6.07, 6.45) is 4.80. The third kappa shape index (κ3) is 4.91. The number of carbonyl (C=O) groups excluding carboxylic acids is 1. The molecule has 1 aliphatic rings. The van der Waals surface area contributed by atoms with Crippen LogP contribution in [-0.2, 0) is 0 Å². The highest BCUT2D eigenvalue weighted by Crippen LogP contribution is 2.29. The van der Waals surface area contributed by atoms with E-state index < -0.39 is 5.82 Å². The molecule has 2 atom stereocenters. The number of nitrogens with one attached hydrogen (secondary N) is 1. The largest absolute Gasteiger partial charge is 0.368 e. The molecule has 0 radical (unpaired) electrons. The zero-order valence-electron chi connectivity index (χ0n) is 18.2. The Morgan fingerprint density at radius 2 is 2.03 bits per heavy atom. The number of benzene rings is 1. The first-order valence-corrected chi connectivity index (χ1v) is 11.2. The van der Waals surface area contributed by atoms with Crippen molar-refractivity contribution in [1.82, 2.24) is 14.9 Å². The van der Waals surface area contributed by atoms with E-state index in [0.717, 1.165) is 24.2 Å². The molecule has 1 N–H and O–H groups in total. The summed E-state index contributed by atoms with van der Waals surface area (Å²) in [4.78, 5) is 24.3. The van der Waals surface area contributed by atoms with Gasteiger partial charge in [0.1, 0.15) is 11.6 Å². The fraction of sp³-hybridized carbons (Fsp3) is 0.320. The number of amides is 1. The van der Waals surface area contributed by atoms with Crippen molar-refractivity contribution in [3.8, 4) is 11.3 Å². The molecular formula is C25H26ClFN4O. The molecule has 1 fully saturated rings. The molecule has 7 heteroatoms. The number of nitrogens with zero attached hydrogens (tertiary/aromatic N) is 3. The number of hydrogen-bond donors (Lipinski definition) is 1. The Morgan fingerprint density at radius 1 is 1.19 bits per heavy atom. The molecule has 4 rings (SSSR count). The van der Waals surface area contributed by atoms with Gasteiger partial charge in [-0.1, -0.05) is 36.2 Å². The minimum Gasteiger partial charge on any atom is -0.368 e. The first kappa shape index (κ1) is 22.2. The first-order valence-electron chi connectivity index (χ1n) is 10.8. The molecule has 0 bridgehead atoms. The molecular weight excluding hydrogens is 427 g/mol. The molecule has 0 spiro atoms. The molecule has 3 heterocycles. The van der Waals surface area contributed by atoms with Crippen LogP contribution in [0, 0.1) is 18.7 Å². The number of aryl methyl sites for hydroxylation is 1. The second-order valence-corrected chi connectivity index (χ2v) is 8.78. The second-order valence-electron chi connectivity index (χ2n) is 8.34. The summed E-state index contributed by atoms with van der Waals surface area (Å²) >= 11 is 5.93. The highest BCUT2D eigenvalue weighted by atomic mass is 35.5. The maximum absolute atomic E-state index is 13.8. The number of piperidine rings is 1. The molecule has 1 amide bonds. The summed E-state index contributed by atoms with van der Waals surface area (Å²) in [7, 11) is 0. The highest BCUT2D eigenvalue weighted by molar-refractivity contribution is 6.30. The number of halogens is 2. The Kier molecular flexibility index (Phi) is 6.70. The lowest BCUT2D eigenvalue weighted by Gasteiger charge is -2.40. The summed E-state index contributed by atoms with van der Waals surface area (Å²) in [6.45, 7) is 5.42. The molecule has 166 valence electrons. The SMILES string of the molecule is Cc1ccc(-c2ccc(F)cn2)c(C(=O)N2CCC[C@@H](C)C2CNc2ccc(Cl)cn2)c1. The molecule has 2 aromatic heterocycles. The summed E-state index contributed by atoms with van der Waals surface area (Å²) in [5.41, 5.74) is 2.88. The zero-order chi connectivity index (χ0) is 22.7. The summed E-state index contributed by atoms with van der Waals surface area (Å²) in [6, 6.07) is 12.4. The summed E-state index contributed by atoms with van der Waals surface area (Å²) in [5.74, 6) is 0.633. The average Bonchev–Trinajstić information content (AvgIpc) is 2.79. The lowest BCUT2D eigenvalue weighted by atomic mass is 9.89. The van der Waals surface area contributed by atoms with Crippen LogP contribution >= 0.6 is 11.6 Å². The van der Waals surface area contributed by atoms with Crippen molar-refractivity contribution in [2.45, 2.75) is 32.7 Å². The number of anilines is 1. The van der Waals surface area contributed by atoms with Crippen LogP contribution in [0.4, 0.5) is 10.2 Å². The van der Waals surface area contributed by atoms with Gasteiger partial charge in [-0.15, -0.1) is 0 Å². The lowest BCUT2D eigenvalue weighted by Crippen LogP contribution is -2.51. The van der Waals surface area contributed by atoms with E-state index in [2.05, 4.69) is 22.2 Å². The molecule has 0 aliphatic carbocycles. The van der Waals surface area contributed by atoms with Gasteiger partial charge in [0.05, 0.1) is 23.0 Å². The molecule has 1 saturated heterocycles.